The molecule has 1 heterocycles. The van der Waals surface area contributed by atoms with E-state index >= 15 is 0 Å². The van der Waals surface area contributed by atoms with Crippen molar-refractivity contribution < 1.29 is 0 Å². The van der Waals surface area contributed by atoms with Crippen LogP contribution >= 0.6 is 0 Å². The Morgan fingerprint density at radius 3 is 2.30 bits per heavy atom. The summed E-state index contributed by atoms with van der Waals surface area (Å²) < 4.78 is 0. The smallest absolute Gasteiger partial charge is 0.0708 e. The van der Waals surface area contributed by atoms with Crippen LogP contribution in [0, 0.1) is 0 Å². The van der Waals surface area contributed by atoms with Crippen molar-refractivity contribution in [3.8, 4) is 11.3 Å². The van der Waals surface area contributed by atoms with Crippen molar-refractivity contribution in [1.29, 1.82) is 0 Å². The number of aryl methyl sites for hydroxylation is 1. The molecule has 0 aliphatic rings. The van der Waals surface area contributed by atoms with Crippen LogP contribution in [0.3, 0.4) is 0 Å². The van der Waals surface area contributed by atoms with Crippen LogP contribution < -0.4 is 0 Å². The second-order valence-electron chi connectivity index (χ2n) is 6.25. The molecule has 2 aromatic carbocycles. The van der Waals surface area contributed by atoms with Crippen molar-refractivity contribution in [2.24, 2.45) is 0 Å². The molecule has 0 bridgehead atoms. The molecule has 0 saturated carbocycles. The molecule has 1 heteroatoms. The van der Waals surface area contributed by atoms with Gasteiger partial charge in [-0.2, -0.15) is 0 Å². The van der Waals surface area contributed by atoms with E-state index in [0.717, 1.165) is 12.1 Å². The van der Waals surface area contributed by atoms with Crippen LogP contribution in [0.5, 0.6) is 0 Å². The van der Waals surface area contributed by atoms with Gasteiger partial charge in [0, 0.05) is 17.1 Å². The molecule has 0 unspecified atom stereocenters. The standard InChI is InChI=1S/C22H25N/c1-4-16-11-20(17(5-2)6-3)13-21(12-16)22-14-18-9-7-8-10-19(18)15-23-22/h7-15,17H,4-6H2,1-3H3. The van der Waals surface area contributed by atoms with Crippen LogP contribution in [0.2, 0.25) is 0 Å². The highest BCUT2D eigenvalue weighted by Gasteiger charge is 2.11. The van der Waals surface area contributed by atoms with E-state index in [4.69, 9.17) is 4.98 Å². The third-order valence-corrected chi connectivity index (χ3v) is 4.81. The molecule has 0 aliphatic heterocycles. The van der Waals surface area contributed by atoms with E-state index in [1.807, 2.05) is 6.20 Å². The highest BCUT2D eigenvalue weighted by atomic mass is 14.7. The second kappa shape index (κ2) is 6.95. The fourth-order valence-corrected chi connectivity index (χ4v) is 3.31. The SMILES string of the molecule is CCc1cc(-c2cc3ccccc3cn2)cc(C(CC)CC)c1. The molecule has 0 N–H and O–H groups in total. The Labute approximate surface area is 139 Å². The van der Waals surface area contributed by atoms with Gasteiger partial charge in [-0.25, -0.2) is 0 Å². The molecule has 0 saturated heterocycles. The minimum absolute atomic E-state index is 0.640. The second-order valence-corrected chi connectivity index (χ2v) is 6.25. The Morgan fingerprint density at radius 2 is 1.61 bits per heavy atom. The highest BCUT2D eigenvalue weighted by molar-refractivity contribution is 5.85. The maximum absolute atomic E-state index is 4.70. The average molecular weight is 303 g/mol. The highest BCUT2D eigenvalue weighted by Crippen LogP contribution is 2.30. The van der Waals surface area contributed by atoms with Crippen molar-refractivity contribution in [2.75, 3.05) is 0 Å². The van der Waals surface area contributed by atoms with E-state index in [2.05, 4.69) is 69.3 Å². The van der Waals surface area contributed by atoms with Crippen LogP contribution in [0.15, 0.2) is 54.7 Å². The van der Waals surface area contributed by atoms with Crippen LogP contribution in [0.1, 0.15) is 50.7 Å². The van der Waals surface area contributed by atoms with E-state index in [-0.39, 0.29) is 0 Å². The number of benzene rings is 2. The largest absolute Gasteiger partial charge is 0.256 e. The summed E-state index contributed by atoms with van der Waals surface area (Å²) in [5.74, 6) is 0.640. The van der Waals surface area contributed by atoms with Crippen LogP contribution in [0.4, 0.5) is 0 Å². The topological polar surface area (TPSA) is 12.9 Å². The fourth-order valence-electron chi connectivity index (χ4n) is 3.31. The summed E-state index contributed by atoms with van der Waals surface area (Å²) in [6.07, 6.45) is 5.43. The Kier molecular flexibility index (Phi) is 4.76. The van der Waals surface area contributed by atoms with Gasteiger partial charge in [0.2, 0.25) is 0 Å². The van der Waals surface area contributed by atoms with E-state index in [1.165, 1.54) is 40.3 Å². The molecule has 1 aromatic heterocycles. The van der Waals surface area contributed by atoms with Crippen LogP contribution in [0.25, 0.3) is 22.0 Å². The summed E-state index contributed by atoms with van der Waals surface area (Å²) in [6, 6.07) is 17.6. The van der Waals surface area contributed by atoms with E-state index in [0.29, 0.717) is 5.92 Å². The Balaban J connectivity index is 2.11. The maximum atomic E-state index is 4.70. The Bertz CT molecular complexity index is 800. The van der Waals surface area contributed by atoms with Crippen molar-refractivity contribution >= 4 is 10.8 Å². The monoisotopic (exact) mass is 303 g/mol. The molecule has 3 rings (SSSR count). The molecule has 0 fully saturated rings. The van der Waals surface area contributed by atoms with Gasteiger partial charge in [0.15, 0.2) is 0 Å². The number of aromatic nitrogens is 1. The molecule has 0 amide bonds. The summed E-state index contributed by atoms with van der Waals surface area (Å²) in [4.78, 5) is 4.70. The zero-order chi connectivity index (χ0) is 16.2. The molecule has 0 atom stereocenters. The fraction of sp³-hybridized carbons (Fsp3) is 0.318. The molecule has 23 heavy (non-hydrogen) atoms. The normalized spacial score (nSPS) is 11.3. The van der Waals surface area contributed by atoms with E-state index in [1.54, 1.807) is 0 Å². The molecular formula is C22H25N. The molecule has 118 valence electrons. The zero-order valence-corrected chi connectivity index (χ0v) is 14.3. The van der Waals surface area contributed by atoms with Crippen molar-refractivity contribution in [3.05, 3.63) is 65.9 Å². The van der Waals surface area contributed by atoms with Crippen LogP contribution in [-0.2, 0) is 6.42 Å². The first-order valence-corrected chi connectivity index (χ1v) is 8.74. The average Bonchev–Trinajstić information content (AvgIpc) is 2.62. The van der Waals surface area contributed by atoms with Gasteiger partial charge in [-0.3, -0.25) is 4.98 Å². The van der Waals surface area contributed by atoms with Gasteiger partial charge < -0.3 is 0 Å². The van der Waals surface area contributed by atoms with Gasteiger partial charge in [-0.05, 0) is 59.9 Å². The third-order valence-electron chi connectivity index (χ3n) is 4.81. The number of fused-ring (bicyclic) bond motifs is 1. The number of pyridine rings is 1. The zero-order valence-electron chi connectivity index (χ0n) is 14.3. The summed E-state index contributed by atoms with van der Waals surface area (Å²) in [6.45, 7) is 6.78. The van der Waals surface area contributed by atoms with Crippen molar-refractivity contribution in [1.82, 2.24) is 4.98 Å². The lowest BCUT2D eigenvalue weighted by molar-refractivity contribution is 0.641. The van der Waals surface area contributed by atoms with Gasteiger partial charge in [-0.15, -0.1) is 0 Å². The van der Waals surface area contributed by atoms with E-state index in [9.17, 15) is 0 Å². The molecule has 1 nitrogen and oxygen atoms in total. The third kappa shape index (κ3) is 3.29. The predicted molar refractivity (Wildman–Crippen MR) is 99.9 cm³/mol. The van der Waals surface area contributed by atoms with Gasteiger partial charge in [0.05, 0.1) is 5.69 Å². The number of hydrogen-bond acceptors (Lipinski definition) is 1. The Morgan fingerprint density at radius 1 is 0.870 bits per heavy atom. The van der Waals surface area contributed by atoms with Gasteiger partial charge >= 0.3 is 0 Å². The molecule has 0 radical (unpaired) electrons. The lowest BCUT2D eigenvalue weighted by atomic mass is 9.90. The number of nitrogens with zero attached hydrogens (tertiary/aromatic N) is 1. The van der Waals surface area contributed by atoms with Gasteiger partial charge in [-0.1, -0.05) is 51.1 Å². The molecule has 3 aromatic rings. The van der Waals surface area contributed by atoms with Crippen molar-refractivity contribution in [3.63, 3.8) is 0 Å². The maximum Gasteiger partial charge on any atom is 0.0708 e. The summed E-state index contributed by atoms with van der Waals surface area (Å²) in [5.41, 5.74) is 5.18. The lowest BCUT2D eigenvalue weighted by Gasteiger charge is -2.16. The summed E-state index contributed by atoms with van der Waals surface area (Å²) >= 11 is 0. The first-order valence-electron chi connectivity index (χ1n) is 8.74. The lowest BCUT2D eigenvalue weighted by Crippen LogP contribution is -1.98. The predicted octanol–water partition coefficient (Wildman–Crippen LogP) is 6.37. The van der Waals surface area contributed by atoms with Gasteiger partial charge in [0.1, 0.15) is 0 Å². The Hall–Kier alpha value is -2.15. The van der Waals surface area contributed by atoms with Gasteiger partial charge in [0.25, 0.3) is 0 Å². The molecule has 0 spiro atoms. The minimum Gasteiger partial charge on any atom is -0.256 e. The summed E-state index contributed by atoms with van der Waals surface area (Å²) in [5, 5.41) is 2.45. The number of rotatable bonds is 5. The van der Waals surface area contributed by atoms with Crippen LogP contribution in [-0.4, -0.2) is 4.98 Å². The summed E-state index contributed by atoms with van der Waals surface area (Å²) in [7, 11) is 0. The first kappa shape index (κ1) is 15.7. The minimum atomic E-state index is 0.640. The van der Waals surface area contributed by atoms with Crippen molar-refractivity contribution in [2.45, 2.75) is 46.0 Å². The molecule has 0 aliphatic carbocycles. The molecular weight excluding hydrogens is 278 g/mol. The quantitative estimate of drug-likeness (QED) is 0.534. The number of hydrogen-bond donors (Lipinski definition) is 0. The van der Waals surface area contributed by atoms with E-state index < -0.39 is 0 Å². The first-order chi connectivity index (χ1) is 11.2.